The Kier molecular flexibility index (Phi) is 3.03. The van der Waals surface area contributed by atoms with E-state index >= 15 is 0 Å². The third kappa shape index (κ3) is 2.12. The SMILES string of the molecule is O=C(C1=COCCO1)N1CCCc2cccc(O)c21. The molecular formula is C14H15NO4. The Bertz CT molecular complexity index is 538. The molecule has 19 heavy (non-hydrogen) atoms. The van der Waals surface area contributed by atoms with Crippen LogP contribution in [0, 0.1) is 0 Å². The van der Waals surface area contributed by atoms with Gasteiger partial charge < -0.3 is 19.5 Å². The molecule has 0 bridgehead atoms. The topological polar surface area (TPSA) is 59.0 Å². The van der Waals surface area contributed by atoms with Crippen LogP contribution in [0.4, 0.5) is 5.69 Å². The van der Waals surface area contributed by atoms with Crippen LogP contribution < -0.4 is 4.90 Å². The van der Waals surface area contributed by atoms with Crippen LogP contribution in [0.2, 0.25) is 0 Å². The molecule has 0 saturated heterocycles. The average Bonchev–Trinajstić information content (AvgIpc) is 2.47. The van der Waals surface area contributed by atoms with Gasteiger partial charge in [0, 0.05) is 6.54 Å². The number of para-hydroxylation sites is 1. The summed E-state index contributed by atoms with van der Waals surface area (Å²) in [5.41, 5.74) is 1.57. The number of benzene rings is 1. The summed E-state index contributed by atoms with van der Waals surface area (Å²) in [7, 11) is 0. The molecule has 0 saturated carbocycles. The molecule has 0 radical (unpaired) electrons. The van der Waals surface area contributed by atoms with Gasteiger partial charge in [-0.15, -0.1) is 0 Å². The number of phenols is 1. The number of nitrogens with zero attached hydrogens (tertiary/aromatic N) is 1. The molecule has 0 atom stereocenters. The van der Waals surface area contributed by atoms with E-state index in [1.165, 1.54) is 6.26 Å². The Morgan fingerprint density at radius 1 is 1.32 bits per heavy atom. The molecule has 2 aliphatic heterocycles. The van der Waals surface area contributed by atoms with Crippen molar-refractivity contribution in [2.24, 2.45) is 0 Å². The lowest BCUT2D eigenvalue weighted by Crippen LogP contribution is -2.37. The summed E-state index contributed by atoms with van der Waals surface area (Å²) in [4.78, 5) is 14.0. The van der Waals surface area contributed by atoms with Crippen molar-refractivity contribution >= 4 is 11.6 Å². The first-order chi connectivity index (χ1) is 9.27. The molecule has 0 aliphatic carbocycles. The van der Waals surface area contributed by atoms with E-state index in [0.29, 0.717) is 25.4 Å². The van der Waals surface area contributed by atoms with Gasteiger partial charge >= 0.3 is 0 Å². The van der Waals surface area contributed by atoms with Crippen LogP contribution in [0.1, 0.15) is 12.0 Å². The number of amides is 1. The van der Waals surface area contributed by atoms with E-state index in [0.717, 1.165) is 18.4 Å². The molecule has 1 amide bonds. The third-order valence-corrected chi connectivity index (χ3v) is 3.30. The van der Waals surface area contributed by atoms with Gasteiger partial charge in [0.1, 0.15) is 25.2 Å². The summed E-state index contributed by atoms with van der Waals surface area (Å²) < 4.78 is 10.4. The maximum Gasteiger partial charge on any atom is 0.296 e. The van der Waals surface area contributed by atoms with Gasteiger partial charge in [0.25, 0.3) is 5.91 Å². The molecule has 100 valence electrons. The van der Waals surface area contributed by atoms with Crippen LogP contribution in [0.3, 0.4) is 0 Å². The minimum absolute atomic E-state index is 0.128. The van der Waals surface area contributed by atoms with Crippen molar-refractivity contribution in [2.75, 3.05) is 24.7 Å². The number of hydrogen-bond donors (Lipinski definition) is 1. The lowest BCUT2D eigenvalue weighted by molar-refractivity contribution is -0.119. The van der Waals surface area contributed by atoms with E-state index in [4.69, 9.17) is 9.47 Å². The number of phenolic OH excluding ortho intramolecular Hbond substituents is 1. The van der Waals surface area contributed by atoms with Crippen molar-refractivity contribution < 1.29 is 19.4 Å². The smallest absolute Gasteiger partial charge is 0.296 e. The van der Waals surface area contributed by atoms with Crippen molar-refractivity contribution in [3.63, 3.8) is 0 Å². The van der Waals surface area contributed by atoms with E-state index in [9.17, 15) is 9.90 Å². The molecule has 0 aromatic heterocycles. The molecule has 3 rings (SSSR count). The zero-order valence-corrected chi connectivity index (χ0v) is 10.5. The molecule has 0 fully saturated rings. The average molecular weight is 261 g/mol. The third-order valence-electron chi connectivity index (χ3n) is 3.30. The first kappa shape index (κ1) is 11.9. The van der Waals surface area contributed by atoms with E-state index in [2.05, 4.69) is 0 Å². The Hall–Kier alpha value is -2.17. The van der Waals surface area contributed by atoms with Crippen LogP contribution in [0.25, 0.3) is 0 Å². The molecule has 5 nitrogen and oxygen atoms in total. The Balaban J connectivity index is 1.95. The van der Waals surface area contributed by atoms with Crippen molar-refractivity contribution in [1.29, 1.82) is 0 Å². The Morgan fingerprint density at radius 3 is 3.00 bits per heavy atom. The fourth-order valence-electron chi connectivity index (χ4n) is 2.45. The maximum atomic E-state index is 12.4. The highest BCUT2D eigenvalue weighted by atomic mass is 16.6. The first-order valence-corrected chi connectivity index (χ1v) is 6.34. The van der Waals surface area contributed by atoms with Crippen molar-refractivity contribution in [3.05, 3.63) is 35.8 Å². The highest BCUT2D eigenvalue weighted by Crippen LogP contribution is 2.36. The van der Waals surface area contributed by atoms with E-state index in [-0.39, 0.29) is 17.4 Å². The van der Waals surface area contributed by atoms with E-state index in [1.807, 2.05) is 6.07 Å². The summed E-state index contributed by atoms with van der Waals surface area (Å²) in [5, 5.41) is 9.99. The normalized spacial score (nSPS) is 17.9. The van der Waals surface area contributed by atoms with Gasteiger partial charge in [0.05, 0.1) is 5.69 Å². The maximum absolute atomic E-state index is 12.4. The fourth-order valence-corrected chi connectivity index (χ4v) is 2.45. The van der Waals surface area contributed by atoms with Crippen molar-refractivity contribution in [3.8, 4) is 5.75 Å². The molecule has 0 unspecified atom stereocenters. The number of carbonyl (C=O) groups is 1. The summed E-state index contributed by atoms with van der Waals surface area (Å²) in [5.74, 6) is 0.0624. The number of rotatable bonds is 1. The summed E-state index contributed by atoms with van der Waals surface area (Å²) in [6.45, 7) is 1.40. The van der Waals surface area contributed by atoms with Gasteiger partial charge in [0.2, 0.25) is 5.76 Å². The van der Waals surface area contributed by atoms with Gasteiger partial charge in [-0.3, -0.25) is 4.79 Å². The number of carbonyl (C=O) groups excluding carboxylic acids is 1. The predicted octanol–water partition coefficient (Wildman–Crippen LogP) is 1.56. The molecule has 5 heteroatoms. The van der Waals surface area contributed by atoms with Gasteiger partial charge in [-0.05, 0) is 24.5 Å². The lowest BCUT2D eigenvalue weighted by atomic mass is 10.0. The van der Waals surface area contributed by atoms with Crippen LogP contribution in [-0.4, -0.2) is 30.8 Å². The van der Waals surface area contributed by atoms with Gasteiger partial charge in [-0.2, -0.15) is 0 Å². The Morgan fingerprint density at radius 2 is 2.21 bits per heavy atom. The number of fused-ring (bicyclic) bond motifs is 1. The van der Waals surface area contributed by atoms with E-state index in [1.54, 1.807) is 17.0 Å². The molecule has 0 spiro atoms. The van der Waals surface area contributed by atoms with Gasteiger partial charge in [0.15, 0.2) is 0 Å². The van der Waals surface area contributed by atoms with Crippen molar-refractivity contribution in [1.82, 2.24) is 0 Å². The quantitative estimate of drug-likeness (QED) is 0.833. The van der Waals surface area contributed by atoms with Gasteiger partial charge in [-0.25, -0.2) is 0 Å². The second kappa shape index (κ2) is 4.84. The standard InChI is InChI=1S/C14H15NO4/c16-11-5-1-3-10-4-2-6-15(13(10)11)14(17)12-9-18-7-8-19-12/h1,3,5,9,16H,2,4,6-8H2. The Labute approximate surface area is 111 Å². The second-order valence-electron chi connectivity index (χ2n) is 4.55. The molecular weight excluding hydrogens is 246 g/mol. The minimum atomic E-state index is -0.262. The van der Waals surface area contributed by atoms with Gasteiger partial charge in [-0.1, -0.05) is 12.1 Å². The second-order valence-corrected chi connectivity index (χ2v) is 4.55. The largest absolute Gasteiger partial charge is 0.506 e. The lowest BCUT2D eigenvalue weighted by Gasteiger charge is -2.31. The number of aryl methyl sites for hydroxylation is 1. The zero-order valence-electron chi connectivity index (χ0n) is 10.5. The molecule has 1 N–H and O–H groups in total. The number of ether oxygens (including phenoxy) is 2. The highest BCUT2D eigenvalue weighted by molar-refractivity contribution is 6.05. The predicted molar refractivity (Wildman–Crippen MR) is 68.8 cm³/mol. The van der Waals surface area contributed by atoms with Crippen LogP contribution in [-0.2, 0) is 20.7 Å². The first-order valence-electron chi connectivity index (χ1n) is 6.34. The zero-order chi connectivity index (χ0) is 13.2. The van der Waals surface area contributed by atoms with Crippen LogP contribution >= 0.6 is 0 Å². The summed E-state index contributed by atoms with van der Waals surface area (Å²) in [6, 6.07) is 5.32. The molecule has 2 heterocycles. The van der Waals surface area contributed by atoms with E-state index < -0.39 is 0 Å². The fraction of sp³-hybridized carbons (Fsp3) is 0.357. The number of anilines is 1. The summed E-state index contributed by atoms with van der Waals surface area (Å²) in [6.07, 6.45) is 3.08. The van der Waals surface area contributed by atoms with Crippen molar-refractivity contribution in [2.45, 2.75) is 12.8 Å². The molecule has 1 aromatic rings. The minimum Gasteiger partial charge on any atom is -0.506 e. The molecule has 1 aromatic carbocycles. The monoisotopic (exact) mass is 261 g/mol. The summed E-state index contributed by atoms with van der Waals surface area (Å²) >= 11 is 0. The van der Waals surface area contributed by atoms with Crippen LogP contribution in [0.15, 0.2) is 30.2 Å². The molecule has 2 aliphatic rings. The number of hydrogen-bond acceptors (Lipinski definition) is 4. The highest BCUT2D eigenvalue weighted by Gasteiger charge is 2.29. The number of aromatic hydroxyl groups is 1. The van der Waals surface area contributed by atoms with Crippen LogP contribution in [0.5, 0.6) is 5.75 Å².